The first-order chi connectivity index (χ1) is 14.5. The Kier molecular flexibility index (Phi) is 6.67. The van der Waals surface area contributed by atoms with Crippen LogP contribution in [0.2, 0.25) is 0 Å². The summed E-state index contributed by atoms with van der Waals surface area (Å²) in [6.45, 7) is 6.79. The molecule has 0 spiro atoms. The molecule has 4 rings (SSSR count). The van der Waals surface area contributed by atoms with Gasteiger partial charge < -0.3 is 15.0 Å². The van der Waals surface area contributed by atoms with E-state index in [2.05, 4.69) is 15.3 Å². The average Bonchev–Trinajstić information content (AvgIpc) is 3.18. The second-order valence-electron chi connectivity index (χ2n) is 8.48. The minimum absolute atomic E-state index is 0.0212. The SMILES string of the molecule is CC(C)OCCCNC(=O)C1CCCN(c2nn3c(=O)c4c(nc3s2)CCCC4)C1. The molecule has 1 aliphatic heterocycles. The third kappa shape index (κ3) is 4.67. The van der Waals surface area contributed by atoms with E-state index in [1.165, 1.54) is 15.9 Å². The highest BCUT2D eigenvalue weighted by molar-refractivity contribution is 7.20. The van der Waals surface area contributed by atoms with Crippen molar-refractivity contribution < 1.29 is 9.53 Å². The number of nitrogens with zero attached hydrogens (tertiary/aromatic N) is 4. The van der Waals surface area contributed by atoms with Gasteiger partial charge in [-0.3, -0.25) is 9.59 Å². The smallest absolute Gasteiger partial charge is 0.278 e. The second-order valence-corrected chi connectivity index (χ2v) is 9.41. The van der Waals surface area contributed by atoms with Crippen molar-refractivity contribution >= 4 is 27.3 Å². The lowest BCUT2D eigenvalue weighted by molar-refractivity contribution is -0.125. The van der Waals surface area contributed by atoms with E-state index in [0.29, 0.717) is 24.7 Å². The Morgan fingerprint density at radius 2 is 2.13 bits per heavy atom. The lowest BCUT2D eigenvalue weighted by Crippen LogP contribution is -2.43. The van der Waals surface area contributed by atoms with Gasteiger partial charge in [0.2, 0.25) is 16.0 Å². The Bertz CT molecular complexity index is 954. The second kappa shape index (κ2) is 9.43. The number of ether oxygens (including phenoxy) is 1. The van der Waals surface area contributed by atoms with Crippen molar-refractivity contribution in [3.63, 3.8) is 0 Å². The fourth-order valence-corrected chi connectivity index (χ4v) is 5.15. The lowest BCUT2D eigenvalue weighted by atomic mass is 9.97. The van der Waals surface area contributed by atoms with Crippen LogP contribution in [-0.4, -0.2) is 52.9 Å². The molecule has 1 N–H and O–H groups in total. The first-order valence-corrected chi connectivity index (χ1v) is 11.9. The lowest BCUT2D eigenvalue weighted by Gasteiger charge is -2.31. The van der Waals surface area contributed by atoms with Crippen LogP contribution >= 0.6 is 11.3 Å². The molecule has 2 aliphatic rings. The van der Waals surface area contributed by atoms with Crippen LogP contribution in [0.15, 0.2) is 4.79 Å². The topological polar surface area (TPSA) is 88.8 Å². The Hall–Kier alpha value is -2.00. The van der Waals surface area contributed by atoms with Gasteiger partial charge in [-0.25, -0.2) is 4.98 Å². The van der Waals surface area contributed by atoms with E-state index in [1.54, 1.807) is 0 Å². The van der Waals surface area contributed by atoms with Crippen LogP contribution in [0, 0.1) is 5.92 Å². The van der Waals surface area contributed by atoms with Crippen molar-refractivity contribution in [1.82, 2.24) is 19.9 Å². The number of hydrogen-bond donors (Lipinski definition) is 1. The predicted octanol–water partition coefficient (Wildman–Crippen LogP) is 2.18. The molecular weight excluding hydrogens is 402 g/mol. The van der Waals surface area contributed by atoms with Crippen LogP contribution in [0.3, 0.4) is 0 Å². The van der Waals surface area contributed by atoms with Crippen LogP contribution in [0.1, 0.15) is 57.2 Å². The van der Waals surface area contributed by atoms with Crippen molar-refractivity contribution in [2.45, 2.75) is 64.9 Å². The number of piperidine rings is 1. The summed E-state index contributed by atoms with van der Waals surface area (Å²) in [7, 11) is 0. The van der Waals surface area contributed by atoms with Crippen LogP contribution in [-0.2, 0) is 22.4 Å². The summed E-state index contributed by atoms with van der Waals surface area (Å²) >= 11 is 1.45. The normalized spacial score (nSPS) is 19.3. The zero-order valence-corrected chi connectivity index (χ0v) is 18.7. The number of aryl methyl sites for hydroxylation is 1. The molecule has 30 heavy (non-hydrogen) atoms. The summed E-state index contributed by atoms with van der Waals surface area (Å²) < 4.78 is 6.98. The van der Waals surface area contributed by atoms with Gasteiger partial charge in [0.25, 0.3) is 5.56 Å². The standard InChI is InChI=1S/C21H31N5O3S/c1-14(2)29-12-6-10-22-18(27)15-7-5-11-25(13-15)21-24-26-19(28)16-8-3-4-9-17(16)23-20(26)30-21/h14-15H,3-13H2,1-2H3,(H,22,27). The number of carbonyl (C=O) groups is 1. The minimum atomic E-state index is -0.0605. The molecular formula is C21H31N5O3S. The molecule has 0 bridgehead atoms. The van der Waals surface area contributed by atoms with Crippen molar-refractivity contribution in [3.05, 3.63) is 21.6 Å². The van der Waals surface area contributed by atoms with Gasteiger partial charge in [0.05, 0.1) is 17.7 Å². The van der Waals surface area contributed by atoms with Crippen molar-refractivity contribution in [2.24, 2.45) is 5.92 Å². The van der Waals surface area contributed by atoms with Crippen LogP contribution < -0.4 is 15.8 Å². The van der Waals surface area contributed by atoms with E-state index in [4.69, 9.17) is 9.72 Å². The summed E-state index contributed by atoms with van der Waals surface area (Å²) in [5, 5.41) is 8.40. The molecule has 164 valence electrons. The number of fused-ring (bicyclic) bond motifs is 2. The van der Waals surface area contributed by atoms with Gasteiger partial charge in [-0.1, -0.05) is 11.3 Å². The summed E-state index contributed by atoms with van der Waals surface area (Å²) in [6, 6.07) is 0. The average molecular weight is 434 g/mol. The molecule has 9 heteroatoms. The fraction of sp³-hybridized carbons (Fsp3) is 0.714. The van der Waals surface area contributed by atoms with E-state index in [0.717, 1.165) is 67.9 Å². The fourth-order valence-electron chi connectivity index (χ4n) is 4.20. The van der Waals surface area contributed by atoms with E-state index in [-0.39, 0.29) is 23.5 Å². The number of aromatic nitrogens is 3. The molecule has 0 aromatic carbocycles. The summed E-state index contributed by atoms with van der Waals surface area (Å²) in [5.41, 5.74) is 1.75. The van der Waals surface area contributed by atoms with Crippen LogP contribution in [0.4, 0.5) is 5.13 Å². The Morgan fingerprint density at radius 1 is 1.30 bits per heavy atom. The Labute approximate surface area is 180 Å². The van der Waals surface area contributed by atoms with Gasteiger partial charge in [0.15, 0.2) is 0 Å². The quantitative estimate of drug-likeness (QED) is 0.674. The molecule has 8 nitrogen and oxygen atoms in total. The number of carbonyl (C=O) groups excluding carboxylic acids is 1. The zero-order valence-electron chi connectivity index (χ0n) is 17.9. The summed E-state index contributed by atoms with van der Waals surface area (Å²) in [4.78, 5) is 32.9. The first kappa shape index (κ1) is 21.2. The third-order valence-electron chi connectivity index (χ3n) is 5.80. The highest BCUT2D eigenvalue weighted by Crippen LogP contribution is 2.28. The van der Waals surface area contributed by atoms with E-state index in [9.17, 15) is 9.59 Å². The number of amides is 1. The molecule has 1 atom stereocenters. The molecule has 0 saturated carbocycles. The highest BCUT2D eigenvalue weighted by Gasteiger charge is 2.28. The van der Waals surface area contributed by atoms with Crippen molar-refractivity contribution in [2.75, 3.05) is 31.1 Å². The van der Waals surface area contributed by atoms with Gasteiger partial charge >= 0.3 is 0 Å². The van der Waals surface area contributed by atoms with Gasteiger partial charge in [0, 0.05) is 31.8 Å². The molecule has 3 heterocycles. The molecule has 1 fully saturated rings. The Morgan fingerprint density at radius 3 is 2.97 bits per heavy atom. The van der Waals surface area contributed by atoms with E-state index in [1.807, 2.05) is 13.8 Å². The van der Waals surface area contributed by atoms with Gasteiger partial charge in [-0.15, -0.1) is 5.10 Å². The number of hydrogen-bond acceptors (Lipinski definition) is 7. The third-order valence-corrected chi connectivity index (χ3v) is 6.77. The summed E-state index contributed by atoms with van der Waals surface area (Å²) in [6.07, 6.45) is 6.65. The maximum atomic E-state index is 12.8. The minimum Gasteiger partial charge on any atom is -0.379 e. The monoisotopic (exact) mass is 433 g/mol. The molecule has 0 radical (unpaired) electrons. The van der Waals surface area contributed by atoms with E-state index >= 15 is 0 Å². The number of rotatable bonds is 7. The maximum absolute atomic E-state index is 12.8. The number of anilines is 1. The molecule has 1 unspecified atom stereocenters. The Balaban J connectivity index is 1.40. The van der Waals surface area contributed by atoms with Gasteiger partial charge in [0.1, 0.15) is 0 Å². The number of nitrogens with one attached hydrogen (secondary N) is 1. The van der Waals surface area contributed by atoms with Crippen molar-refractivity contribution in [1.29, 1.82) is 0 Å². The molecule has 1 amide bonds. The van der Waals surface area contributed by atoms with Crippen molar-refractivity contribution in [3.8, 4) is 0 Å². The molecule has 2 aromatic rings. The van der Waals surface area contributed by atoms with Gasteiger partial charge in [-0.05, 0) is 58.8 Å². The predicted molar refractivity (Wildman–Crippen MR) is 117 cm³/mol. The maximum Gasteiger partial charge on any atom is 0.278 e. The first-order valence-electron chi connectivity index (χ1n) is 11.1. The molecule has 1 saturated heterocycles. The molecule has 1 aliphatic carbocycles. The highest BCUT2D eigenvalue weighted by atomic mass is 32.1. The van der Waals surface area contributed by atoms with E-state index < -0.39 is 0 Å². The van der Waals surface area contributed by atoms with Gasteiger partial charge in [-0.2, -0.15) is 4.52 Å². The molecule has 2 aromatic heterocycles. The summed E-state index contributed by atoms with van der Waals surface area (Å²) in [5.74, 6) is 0.0331. The van der Waals surface area contributed by atoms with Crippen LogP contribution in [0.5, 0.6) is 0 Å². The zero-order chi connectivity index (χ0) is 21.1. The van der Waals surface area contributed by atoms with Crippen LogP contribution in [0.25, 0.3) is 4.96 Å². The largest absolute Gasteiger partial charge is 0.379 e.